The van der Waals surface area contributed by atoms with Gasteiger partial charge in [-0.25, -0.2) is 0 Å². The third-order valence-corrected chi connectivity index (χ3v) is 4.55. The highest BCUT2D eigenvalue weighted by Gasteiger charge is 2.23. The molecule has 0 saturated carbocycles. The summed E-state index contributed by atoms with van der Waals surface area (Å²) < 4.78 is 0. The van der Waals surface area contributed by atoms with Crippen molar-refractivity contribution in [1.82, 2.24) is 4.90 Å². The second-order valence-electron chi connectivity index (χ2n) is 6.11. The van der Waals surface area contributed by atoms with Crippen LogP contribution < -0.4 is 4.90 Å². The van der Waals surface area contributed by atoms with Gasteiger partial charge in [-0.3, -0.25) is 4.79 Å². The summed E-state index contributed by atoms with van der Waals surface area (Å²) >= 11 is 0. The largest absolute Gasteiger partial charge is 0.391 e. The summed E-state index contributed by atoms with van der Waals surface area (Å²) in [7, 11) is 0. The first kappa shape index (κ1) is 14.4. The fourth-order valence-corrected chi connectivity index (χ4v) is 3.41. The van der Waals surface area contributed by atoms with E-state index >= 15 is 0 Å². The van der Waals surface area contributed by atoms with E-state index in [1.54, 1.807) is 0 Å². The normalized spacial score (nSPS) is 22.0. The molecule has 0 aliphatic carbocycles. The summed E-state index contributed by atoms with van der Waals surface area (Å²) in [4.78, 5) is 16.4. The number of amides is 1. The first-order valence-corrected chi connectivity index (χ1v) is 8.03. The van der Waals surface area contributed by atoms with Crippen molar-refractivity contribution in [2.24, 2.45) is 0 Å². The Morgan fingerprint density at radius 3 is 2.95 bits per heavy atom. The minimum atomic E-state index is -0.335. The number of aliphatic hydroxyl groups excluding tert-OH is 1. The van der Waals surface area contributed by atoms with E-state index in [1.165, 1.54) is 11.3 Å². The number of aliphatic hydroxyl groups is 1. The van der Waals surface area contributed by atoms with Crippen LogP contribution in [0.25, 0.3) is 0 Å². The average Bonchev–Trinajstić information content (AvgIpc) is 2.52. The van der Waals surface area contributed by atoms with Crippen LogP contribution in [-0.4, -0.2) is 48.2 Å². The molecule has 3 rings (SSSR count). The molecule has 2 heterocycles. The van der Waals surface area contributed by atoms with Gasteiger partial charge >= 0.3 is 0 Å². The first-order chi connectivity index (χ1) is 10.2. The van der Waals surface area contributed by atoms with Crippen LogP contribution in [0, 0.1) is 0 Å². The molecule has 0 aromatic heterocycles. The number of piperidine rings is 1. The summed E-state index contributed by atoms with van der Waals surface area (Å²) in [6, 6.07) is 8.50. The third kappa shape index (κ3) is 3.38. The van der Waals surface area contributed by atoms with Crippen molar-refractivity contribution in [3.8, 4) is 0 Å². The SMILES string of the molecule is O=C(CCN1CCCc2ccccc21)N1CCCC(O)C1. The van der Waals surface area contributed by atoms with E-state index in [9.17, 15) is 9.90 Å². The monoisotopic (exact) mass is 288 g/mol. The zero-order valence-electron chi connectivity index (χ0n) is 12.5. The predicted molar refractivity (Wildman–Crippen MR) is 83.4 cm³/mol. The molecule has 1 aromatic rings. The minimum absolute atomic E-state index is 0.178. The maximum Gasteiger partial charge on any atom is 0.224 e. The zero-order chi connectivity index (χ0) is 14.7. The lowest BCUT2D eigenvalue weighted by atomic mass is 10.0. The van der Waals surface area contributed by atoms with Crippen LogP contribution in [0.15, 0.2) is 24.3 Å². The van der Waals surface area contributed by atoms with Gasteiger partial charge < -0.3 is 14.9 Å². The molecule has 4 nitrogen and oxygen atoms in total. The maximum atomic E-state index is 12.3. The number of hydrogen-bond donors (Lipinski definition) is 1. The molecular formula is C17H24N2O2. The quantitative estimate of drug-likeness (QED) is 0.922. The Bertz CT molecular complexity index is 503. The number of carbonyl (C=O) groups is 1. The summed E-state index contributed by atoms with van der Waals surface area (Å²) in [6.45, 7) is 3.12. The summed E-state index contributed by atoms with van der Waals surface area (Å²) in [5.41, 5.74) is 2.68. The topological polar surface area (TPSA) is 43.8 Å². The number of para-hydroxylation sites is 1. The van der Waals surface area contributed by atoms with Gasteiger partial charge in [-0.1, -0.05) is 18.2 Å². The predicted octanol–water partition coefficient (Wildman–Crippen LogP) is 1.81. The second-order valence-corrected chi connectivity index (χ2v) is 6.11. The highest BCUT2D eigenvalue weighted by atomic mass is 16.3. The van der Waals surface area contributed by atoms with E-state index < -0.39 is 0 Å². The van der Waals surface area contributed by atoms with Gasteiger partial charge in [0.2, 0.25) is 5.91 Å². The molecule has 2 aliphatic rings. The Balaban J connectivity index is 1.57. The molecule has 2 aliphatic heterocycles. The molecule has 1 saturated heterocycles. The number of benzene rings is 1. The van der Waals surface area contributed by atoms with Crippen LogP contribution in [0.1, 0.15) is 31.2 Å². The van der Waals surface area contributed by atoms with E-state index in [1.807, 2.05) is 4.90 Å². The van der Waals surface area contributed by atoms with E-state index in [-0.39, 0.29) is 12.0 Å². The molecule has 1 atom stereocenters. The fourth-order valence-electron chi connectivity index (χ4n) is 3.41. The highest BCUT2D eigenvalue weighted by Crippen LogP contribution is 2.26. The van der Waals surface area contributed by atoms with Gasteiger partial charge in [0.15, 0.2) is 0 Å². The molecule has 1 fully saturated rings. The van der Waals surface area contributed by atoms with Crippen molar-refractivity contribution in [1.29, 1.82) is 0 Å². The number of hydrogen-bond acceptors (Lipinski definition) is 3. The van der Waals surface area contributed by atoms with Gasteiger partial charge in [0, 0.05) is 38.3 Å². The molecule has 114 valence electrons. The van der Waals surface area contributed by atoms with E-state index in [0.29, 0.717) is 13.0 Å². The van der Waals surface area contributed by atoms with Crippen molar-refractivity contribution >= 4 is 11.6 Å². The maximum absolute atomic E-state index is 12.3. The second kappa shape index (κ2) is 6.48. The van der Waals surface area contributed by atoms with Crippen molar-refractivity contribution in [2.45, 2.75) is 38.2 Å². The molecule has 0 radical (unpaired) electrons. The summed E-state index contributed by atoms with van der Waals surface area (Å²) in [6.07, 6.45) is 4.24. The molecule has 1 aromatic carbocycles. The lowest BCUT2D eigenvalue weighted by Gasteiger charge is -2.33. The van der Waals surface area contributed by atoms with Gasteiger partial charge in [0.05, 0.1) is 6.10 Å². The van der Waals surface area contributed by atoms with Crippen LogP contribution in [0.3, 0.4) is 0 Å². The third-order valence-electron chi connectivity index (χ3n) is 4.55. The number of rotatable bonds is 3. The number of fused-ring (bicyclic) bond motifs is 1. The number of anilines is 1. The van der Waals surface area contributed by atoms with Crippen molar-refractivity contribution < 1.29 is 9.90 Å². The van der Waals surface area contributed by atoms with Crippen LogP contribution in [0.4, 0.5) is 5.69 Å². The van der Waals surface area contributed by atoms with Crippen LogP contribution >= 0.6 is 0 Å². The fraction of sp³-hybridized carbons (Fsp3) is 0.588. The van der Waals surface area contributed by atoms with E-state index in [4.69, 9.17) is 0 Å². The lowest BCUT2D eigenvalue weighted by molar-refractivity contribution is -0.134. The number of likely N-dealkylation sites (tertiary alicyclic amines) is 1. The Hall–Kier alpha value is -1.55. The molecule has 0 spiro atoms. The van der Waals surface area contributed by atoms with Crippen LogP contribution in [0.2, 0.25) is 0 Å². The molecular weight excluding hydrogens is 264 g/mol. The van der Waals surface area contributed by atoms with Gasteiger partial charge in [0.1, 0.15) is 0 Å². The van der Waals surface area contributed by atoms with Crippen molar-refractivity contribution in [2.75, 3.05) is 31.1 Å². The smallest absolute Gasteiger partial charge is 0.224 e. The Morgan fingerprint density at radius 2 is 2.10 bits per heavy atom. The molecule has 4 heteroatoms. The number of nitrogens with zero attached hydrogens (tertiary/aromatic N) is 2. The minimum Gasteiger partial charge on any atom is -0.391 e. The molecule has 1 unspecified atom stereocenters. The Morgan fingerprint density at radius 1 is 1.24 bits per heavy atom. The lowest BCUT2D eigenvalue weighted by Crippen LogP contribution is -2.43. The number of aryl methyl sites for hydroxylation is 1. The van der Waals surface area contributed by atoms with Gasteiger partial charge in [-0.2, -0.15) is 0 Å². The van der Waals surface area contributed by atoms with Gasteiger partial charge in [-0.15, -0.1) is 0 Å². The molecule has 0 bridgehead atoms. The molecule has 1 amide bonds. The Kier molecular flexibility index (Phi) is 4.44. The van der Waals surface area contributed by atoms with Gasteiger partial charge in [-0.05, 0) is 37.3 Å². The van der Waals surface area contributed by atoms with Gasteiger partial charge in [0.25, 0.3) is 0 Å². The zero-order valence-corrected chi connectivity index (χ0v) is 12.5. The summed E-state index contributed by atoms with van der Waals surface area (Å²) in [5.74, 6) is 0.178. The average molecular weight is 288 g/mol. The van der Waals surface area contributed by atoms with Crippen LogP contribution in [0.5, 0.6) is 0 Å². The van der Waals surface area contributed by atoms with E-state index in [2.05, 4.69) is 29.2 Å². The van der Waals surface area contributed by atoms with E-state index in [0.717, 1.165) is 45.3 Å². The van der Waals surface area contributed by atoms with Crippen LogP contribution in [-0.2, 0) is 11.2 Å². The number of β-amino-alcohol motifs (C(OH)–C–C–N with tert-alkyl or cyclic N) is 1. The summed E-state index contributed by atoms with van der Waals surface area (Å²) in [5, 5.41) is 9.67. The Labute approximate surface area is 126 Å². The molecule has 21 heavy (non-hydrogen) atoms. The standard InChI is InChI=1S/C17H24N2O2/c20-15-7-4-11-19(13-15)17(21)9-12-18-10-3-6-14-5-1-2-8-16(14)18/h1-2,5,8,15,20H,3-4,6-7,9-13H2. The first-order valence-electron chi connectivity index (χ1n) is 8.03. The molecule has 1 N–H and O–H groups in total. The number of carbonyl (C=O) groups excluding carboxylic acids is 1. The highest BCUT2D eigenvalue weighted by molar-refractivity contribution is 5.77. The van der Waals surface area contributed by atoms with Crippen molar-refractivity contribution in [3.05, 3.63) is 29.8 Å². The van der Waals surface area contributed by atoms with Crippen molar-refractivity contribution in [3.63, 3.8) is 0 Å².